The smallest absolute Gasteiger partial charge is 0.251 e. The van der Waals surface area contributed by atoms with Crippen molar-refractivity contribution in [2.45, 2.75) is 39.2 Å². The van der Waals surface area contributed by atoms with E-state index in [9.17, 15) is 13.6 Å². The number of amides is 1. The number of hydrogen-bond acceptors (Lipinski definition) is 3. The Morgan fingerprint density at radius 3 is 2.59 bits per heavy atom. The maximum Gasteiger partial charge on any atom is 0.251 e. The van der Waals surface area contributed by atoms with Crippen LogP contribution in [0.2, 0.25) is 0 Å². The second-order valence-electron chi connectivity index (χ2n) is 4.11. The highest BCUT2D eigenvalue weighted by Crippen LogP contribution is 1.99. The van der Waals surface area contributed by atoms with E-state index in [0.29, 0.717) is 0 Å². The molecule has 2 N–H and O–H groups in total. The van der Waals surface area contributed by atoms with Crippen LogP contribution in [0.3, 0.4) is 0 Å². The van der Waals surface area contributed by atoms with Gasteiger partial charge in [-0.25, -0.2) is 8.78 Å². The predicted octanol–water partition coefficient (Wildman–Crippen LogP) is 0.851. The van der Waals surface area contributed by atoms with E-state index in [1.807, 2.05) is 13.8 Å². The third-order valence-electron chi connectivity index (χ3n) is 2.31. The van der Waals surface area contributed by atoms with Gasteiger partial charge in [-0.3, -0.25) is 9.69 Å². The minimum atomic E-state index is -2.50. The van der Waals surface area contributed by atoms with Crippen LogP contribution < -0.4 is 5.32 Å². The molecule has 1 unspecified atom stereocenters. The molecule has 0 spiro atoms. The van der Waals surface area contributed by atoms with Crippen LogP contribution >= 0.6 is 0 Å². The maximum atomic E-state index is 12.2. The van der Waals surface area contributed by atoms with Gasteiger partial charge < -0.3 is 10.4 Å². The van der Waals surface area contributed by atoms with Crippen LogP contribution in [0.4, 0.5) is 8.78 Å². The Morgan fingerprint density at radius 1 is 1.47 bits per heavy atom. The van der Waals surface area contributed by atoms with Crippen molar-refractivity contribution in [1.82, 2.24) is 10.2 Å². The van der Waals surface area contributed by atoms with Gasteiger partial charge in [0, 0.05) is 12.6 Å². The monoisotopic (exact) mass is 252 g/mol. The highest BCUT2D eigenvalue weighted by Gasteiger charge is 2.16. The zero-order valence-electron chi connectivity index (χ0n) is 10.5. The summed E-state index contributed by atoms with van der Waals surface area (Å²) in [6.45, 7) is 3.15. The lowest BCUT2D eigenvalue weighted by Crippen LogP contribution is -2.43. The van der Waals surface area contributed by atoms with Gasteiger partial charge in [0.15, 0.2) is 0 Å². The number of carbonyl (C=O) groups is 1. The molecule has 0 aliphatic carbocycles. The first kappa shape index (κ1) is 16.2. The fourth-order valence-electron chi connectivity index (χ4n) is 1.60. The van der Waals surface area contributed by atoms with E-state index in [0.717, 1.165) is 12.8 Å². The molecule has 0 aromatic carbocycles. The van der Waals surface area contributed by atoms with Gasteiger partial charge in [0.05, 0.1) is 19.7 Å². The molecule has 0 aromatic heterocycles. The standard InChI is InChI=1S/C11H22F2N2O2/c1-3-4-9(2)14-11(17)8-15(5-6-16)7-10(12)13/h9-10,16H,3-8H2,1-2H3,(H,14,17). The minimum Gasteiger partial charge on any atom is -0.395 e. The highest BCUT2D eigenvalue weighted by molar-refractivity contribution is 5.78. The van der Waals surface area contributed by atoms with Crippen molar-refractivity contribution in [3.63, 3.8) is 0 Å². The van der Waals surface area contributed by atoms with E-state index in [-0.39, 0.29) is 31.6 Å². The zero-order valence-corrected chi connectivity index (χ0v) is 10.5. The van der Waals surface area contributed by atoms with Crippen LogP contribution in [-0.2, 0) is 4.79 Å². The SMILES string of the molecule is CCCC(C)NC(=O)CN(CCO)CC(F)F. The fraction of sp³-hybridized carbons (Fsp3) is 0.909. The Bertz CT molecular complexity index is 216. The number of rotatable bonds is 9. The van der Waals surface area contributed by atoms with Crippen molar-refractivity contribution in [2.24, 2.45) is 0 Å². The maximum absolute atomic E-state index is 12.2. The summed E-state index contributed by atoms with van der Waals surface area (Å²) in [6, 6.07) is 0.0510. The van der Waals surface area contributed by atoms with Crippen molar-refractivity contribution in [3.8, 4) is 0 Å². The average molecular weight is 252 g/mol. The Labute approximate surface area is 101 Å². The Kier molecular flexibility index (Phi) is 8.89. The summed E-state index contributed by atoms with van der Waals surface area (Å²) in [6.07, 6.45) is -0.679. The summed E-state index contributed by atoms with van der Waals surface area (Å²) in [5.74, 6) is -0.278. The summed E-state index contributed by atoms with van der Waals surface area (Å²) < 4.78 is 24.4. The van der Waals surface area contributed by atoms with Crippen molar-refractivity contribution < 1.29 is 18.7 Å². The molecule has 0 aliphatic heterocycles. The van der Waals surface area contributed by atoms with Gasteiger partial charge in [-0.1, -0.05) is 13.3 Å². The van der Waals surface area contributed by atoms with Gasteiger partial charge >= 0.3 is 0 Å². The van der Waals surface area contributed by atoms with Gasteiger partial charge in [0.2, 0.25) is 5.91 Å². The van der Waals surface area contributed by atoms with Crippen LogP contribution in [0.1, 0.15) is 26.7 Å². The summed E-state index contributed by atoms with van der Waals surface area (Å²) in [5.41, 5.74) is 0. The minimum absolute atomic E-state index is 0.0510. The van der Waals surface area contributed by atoms with Gasteiger partial charge in [-0.05, 0) is 13.3 Å². The van der Waals surface area contributed by atoms with Gasteiger partial charge in [-0.2, -0.15) is 0 Å². The second kappa shape index (κ2) is 9.30. The second-order valence-corrected chi connectivity index (χ2v) is 4.11. The lowest BCUT2D eigenvalue weighted by Gasteiger charge is -2.21. The lowest BCUT2D eigenvalue weighted by molar-refractivity contribution is -0.123. The van der Waals surface area contributed by atoms with E-state index < -0.39 is 13.0 Å². The lowest BCUT2D eigenvalue weighted by atomic mass is 10.2. The Morgan fingerprint density at radius 2 is 2.12 bits per heavy atom. The summed E-state index contributed by atoms with van der Waals surface area (Å²) in [7, 11) is 0. The van der Waals surface area contributed by atoms with Crippen LogP contribution in [0.25, 0.3) is 0 Å². The molecule has 0 radical (unpaired) electrons. The highest BCUT2D eigenvalue weighted by atomic mass is 19.3. The normalized spacial score (nSPS) is 13.1. The number of aliphatic hydroxyl groups excluding tert-OH is 1. The molecule has 0 fully saturated rings. The molecule has 0 saturated carbocycles. The molecule has 17 heavy (non-hydrogen) atoms. The molecule has 0 rings (SSSR count). The van der Waals surface area contributed by atoms with Gasteiger partial charge in [0.25, 0.3) is 6.43 Å². The number of halogens is 2. The zero-order chi connectivity index (χ0) is 13.3. The third kappa shape index (κ3) is 9.00. The Hall–Kier alpha value is -0.750. The first-order valence-electron chi connectivity index (χ1n) is 5.90. The number of carbonyl (C=O) groups excluding carboxylic acids is 1. The molecular weight excluding hydrogens is 230 g/mol. The fourth-order valence-corrected chi connectivity index (χ4v) is 1.60. The van der Waals surface area contributed by atoms with Crippen LogP contribution in [0, 0.1) is 0 Å². The molecule has 0 aliphatic rings. The quantitative estimate of drug-likeness (QED) is 0.639. The average Bonchev–Trinajstić information content (AvgIpc) is 2.16. The molecular formula is C11H22F2N2O2. The number of hydrogen-bond donors (Lipinski definition) is 2. The van der Waals surface area contributed by atoms with Crippen molar-refractivity contribution in [3.05, 3.63) is 0 Å². The predicted molar refractivity (Wildman–Crippen MR) is 62.0 cm³/mol. The van der Waals surface area contributed by atoms with Gasteiger partial charge in [0.1, 0.15) is 0 Å². The van der Waals surface area contributed by atoms with Crippen molar-refractivity contribution in [1.29, 1.82) is 0 Å². The molecule has 4 nitrogen and oxygen atoms in total. The molecule has 0 heterocycles. The van der Waals surface area contributed by atoms with Crippen LogP contribution in [0.15, 0.2) is 0 Å². The largest absolute Gasteiger partial charge is 0.395 e. The molecule has 1 amide bonds. The van der Waals surface area contributed by atoms with E-state index in [4.69, 9.17) is 5.11 Å². The van der Waals surface area contributed by atoms with E-state index in [1.165, 1.54) is 4.90 Å². The third-order valence-corrected chi connectivity index (χ3v) is 2.31. The first-order valence-corrected chi connectivity index (χ1v) is 5.90. The molecule has 0 bridgehead atoms. The molecule has 0 aromatic rings. The summed E-state index contributed by atoms with van der Waals surface area (Å²) >= 11 is 0. The van der Waals surface area contributed by atoms with Crippen molar-refractivity contribution >= 4 is 5.91 Å². The molecule has 102 valence electrons. The summed E-state index contributed by atoms with van der Waals surface area (Å²) in [4.78, 5) is 12.8. The number of nitrogens with zero attached hydrogens (tertiary/aromatic N) is 1. The van der Waals surface area contributed by atoms with Crippen LogP contribution in [-0.4, -0.2) is 54.6 Å². The van der Waals surface area contributed by atoms with Crippen LogP contribution in [0.5, 0.6) is 0 Å². The summed E-state index contributed by atoms with van der Waals surface area (Å²) in [5, 5.41) is 11.4. The topological polar surface area (TPSA) is 52.6 Å². The van der Waals surface area contributed by atoms with E-state index in [2.05, 4.69) is 5.32 Å². The molecule has 0 saturated heterocycles. The number of nitrogens with one attached hydrogen (secondary N) is 1. The number of alkyl halides is 2. The van der Waals surface area contributed by atoms with E-state index in [1.54, 1.807) is 0 Å². The first-order chi connectivity index (χ1) is 7.99. The van der Waals surface area contributed by atoms with Gasteiger partial charge in [-0.15, -0.1) is 0 Å². The van der Waals surface area contributed by atoms with Crippen molar-refractivity contribution in [2.75, 3.05) is 26.2 Å². The number of aliphatic hydroxyl groups is 1. The Balaban J connectivity index is 4.02. The molecule has 6 heteroatoms. The van der Waals surface area contributed by atoms with E-state index >= 15 is 0 Å². The molecule has 1 atom stereocenters.